The summed E-state index contributed by atoms with van der Waals surface area (Å²) in [7, 11) is 0. The number of likely N-dealkylation sites (tertiary alicyclic amines) is 1. The summed E-state index contributed by atoms with van der Waals surface area (Å²) >= 11 is 0. The molecule has 1 aliphatic heterocycles. The molecule has 5 heteroatoms. The van der Waals surface area contributed by atoms with Gasteiger partial charge in [0.25, 0.3) is 0 Å². The van der Waals surface area contributed by atoms with Gasteiger partial charge in [0, 0.05) is 24.8 Å². The van der Waals surface area contributed by atoms with Crippen molar-refractivity contribution in [3.8, 4) is 5.75 Å². The summed E-state index contributed by atoms with van der Waals surface area (Å²) in [6.07, 6.45) is 4.83. The molecule has 1 aromatic carbocycles. The third-order valence-corrected chi connectivity index (χ3v) is 4.35. The van der Waals surface area contributed by atoms with Crippen LogP contribution in [-0.4, -0.2) is 43.3 Å². The second-order valence-electron chi connectivity index (χ2n) is 6.25. The highest BCUT2D eigenvalue weighted by molar-refractivity contribution is 5.84. The van der Waals surface area contributed by atoms with Gasteiger partial charge in [-0.2, -0.15) is 0 Å². The Balaban J connectivity index is 1.75. The zero-order chi connectivity index (χ0) is 17.2. The van der Waals surface area contributed by atoms with Gasteiger partial charge >= 0.3 is 6.09 Å². The van der Waals surface area contributed by atoms with Crippen LogP contribution in [0.15, 0.2) is 24.3 Å². The molecule has 0 bridgehead atoms. The Kier molecular flexibility index (Phi) is 7.89. The average Bonchev–Trinajstić information content (AvgIpc) is 2.60. The third kappa shape index (κ3) is 6.40. The van der Waals surface area contributed by atoms with Crippen molar-refractivity contribution in [3.63, 3.8) is 0 Å². The van der Waals surface area contributed by atoms with Crippen molar-refractivity contribution >= 4 is 11.8 Å². The first-order valence-corrected chi connectivity index (χ1v) is 9.14. The van der Waals surface area contributed by atoms with E-state index < -0.39 is 0 Å². The van der Waals surface area contributed by atoms with Crippen LogP contribution in [0.1, 0.15) is 46.0 Å². The predicted octanol–water partition coefficient (Wildman–Crippen LogP) is 4.29. The van der Waals surface area contributed by atoms with Crippen LogP contribution in [0.3, 0.4) is 0 Å². The molecule has 0 spiro atoms. The van der Waals surface area contributed by atoms with E-state index in [2.05, 4.69) is 24.1 Å². The van der Waals surface area contributed by atoms with E-state index in [0.29, 0.717) is 12.3 Å². The molecule has 134 valence electrons. The third-order valence-electron chi connectivity index (χ3n) is 4.35. The van der Waals surface area contributed by atoms with Gasteiger partial charge in [-0.15, -0.1) is 0 Å². The van der Waals surface area contributed by atoms with E-state index in [1.807, 2.05) is 24.3 Å². The summed E-state index contributed by atoms with van der Waals surface area (Å²) in [4.78, 5) is 14.4. The molecule has 0 radical (unpaired) electrons. The van der Waals surface area contributed by atoms with Crippen LogP contribution < -0.4 is 10.1 Å². The fraction of sp³-hybridized carbons (Fsp3) is 0.632. The number of carbonyl (C=O) groups excluding carboxylic acids is 1. The maximum Gasteiger partial charge on any atom is 0.411 e. The lowest BCUT2D eigenvalue weighted by Gasteiger charge is -2.30. The second-order valence-corrected chi connectivity index (χ2v) is 6.25. The Bertz CT molecular complexity index is 499. The van der Waals surface area contributed by atoms with Gasteiger partial charge in [-0.3, -0.25) is 5.32 Å². The van der Waals surface area contributed by atoms with Crippen LogP contribution in [0.25, 0.3) is 0 Å². The standard InChI is InChI=1S/C19H30N2O3/c1-3-5-6-14-23-18-9-7-8-16(15-18)20-19(22)24-17-10-12-21(4-2)13-11-17/h7-9,15,17H,3-6,10-14H2,1-2H3,(H,20,22). The van der Waals surface area contributed by atoms with E-state index >= 15 is 0 Å². The van der Waals surface area contributed by atoms with Gasteiger partial charge in [-0.25, -0.2) is 4.79 Å². The summed E-state index contributed by atoms with van der Waals surface area (Å²) < 4.78 is 11.2. The molecule has 0 atom stereocenters. The van der Waals surface area contributed by atoms with Gasteiger partial charge in [0.2, 0.25) is 0 Å². The van der Waals surface area contributed by atoms with Gasteiger partial charge in [-0.05, 0) is 37.9 Å². The summed E-state index contributed by atoms with van der Waals surface area (Å²) in [5, 5.41) is 2.80. The predicted molar refractivity (Wildman–Crippen MR) is 96.7 cm³/mol. The fourth-order valence-corrected chi connectivity index (χ4v) is 2.85. The minimum atomic E-state index is -0.381. The minimum Gasteiger partial charge on any atom is -0.494 e. The summed E-state index contributed by atoms with van der Waals surface area (Å²) in [6, 6.07) is 7.47. The molecule has 0 aromatic heterocycles. The van der Waals surface area contributed by atoms with Crippen molar-refractivity contribution in [1.82, 2.24) is 4.90 Å². The number of nitrogens with zero attached hydrogens (tertiary/aromatic N) is 1. The Morgan fingerprint density at radius 2 is 2.04 bits per heavy atom. The molecule has 1 saturated heterocycles. The molecule has 5 nitrogen and oxygen atoms in total. The van der Waals surface area contributed by atoms with E-state index in [4.69, 9.17) is 9.47 Å². The first-order chi connectivity index (χ1) is 11.7. The zero-order valence-electron chi connectivity index (χ0n) is 14.9. The number of piperidine rings is 1. The van der Waals surface area contributed by atoms with Gasteiger partial charge < -0.3 is 14.4 Å². The highest BCUT2D eigenvalue weighted by atomic mass is 16.6. The van der Waals surface area contributed by atoms with Crippen LogP contribution >= 0.6 is 0 Å². The van der Waals surface area contributed by atoms with Crippen molar-refractivity contribution in [2.24, 2.45) is 0 Å². The van der Waals surface area contributed by atoms with Crippen LogP contribution in [0.2, 0.25) is 0 Å². The molecule has 1 heterocycles. The van der Waals surface area contributed by atoms with E-state index in [1.165, 1.54) is 12.8 Å². The van der Waals surface area contributed by atoms with Crippen LogP contribution in [0.5, 0.6) is 5.75 Å². The number of hydrogen-bond acceptors (Lipinski definition) is 4. The Hall–Kier alpha value is -1.75. The molecule has 0 unspecified atom stereocenters. The lowest BCUT2D eigenvalue weighted by atomic mass is 10.1. The Morgan fingerprint density at radius 3 is 2.75 bits per heavy atom. The molecular weight excluding hydrogens is 304 g/mol. The maximum atomic E-state index is 12.1. The smallest absolute Gasteiger partial charge is 0.411 e. The fourth-order valence-electron chi connectivity index (χ4n) is 2.85. The van der Waals surface area contributed by atoms with E-state index in [-0.39, 0.29) is 12.2 Å². The molecule has 24 heavy (non-hydrogen) atoms. The van der Waals surface area contributed by atoms with Crippen molar-refractivity contribution in [1.29, 1.82) is 0 Å². The molecule has 2 rings (SSSR count). The van der Waals surface area contributed by atoms with Crippen molar-refractivity contribution in [3.05, 3.63) is 24.3 Å². The molecule has 1 aliphatic rings. The average molecular weight is 334 g/mol. The Morgan fingerprint density at radius 1 is 1.25 bits per heavy atom. The van der Waals surface area contributed by atoms with E-state index in [0.717, 1.165) is 44.6 Å². The normalized spacial score (nSPS) is 15.9. The molecule has 0 saturated carbocycles. The molecule has 0 aliphatic carbocycles. The molecule has 1 fully saturated rings. The second kappa shape index (κ2) is 10.2. The van der Waals surface area contributed by atoms with E-state index in [1.54, 1.807) is 0 Å². The SMILES string of the molecule is CCCCCOc1cccc(NC(=O)OC2CCN(CC)CC2)c1. The first kappa shape index (κ1) is 18.6. The molecule has 1 aromatic rings. The van der Waals surface area contributed by atoms with Gasteiger partial charge in [0.05, 0.1) is 6.61 Å². The first-order valence-electron chi connectivity index (χ1n) is 9.14. The quantitative estimate of drug-likeness (QED) is 0.721. The van der Waals surface area contributed by atoms with E-state index in [9.17, 15) is 4.79 Å². The number of rotatable bonds is 8. The number of ether oxygens (including phenoxy) is 2. The van der Waals surface area contributed by atoms with Crippen molar-refractivity contribution < 1.29 is 14.3 Å². The topological polar surface area (TPSA) is 50.8 Å². The zero-order valence-corrected chi connectivity index (χ0v) is 14.9. The molecule has 1 N–H and O–H groups in total. The number of carbonyl (C=O) groups is 1. The number of nitrogens with one attached hydrogen (secondary N) is 1. The minimum absolute atomic E-state index is 0.0151. The highest BCUT2D eigenvalue weighted by Gasteiger charge is 2.21. The summed E-state index contributed by atoms with van der Waals surface area (Å²) in [5.74, 6) is 0.778. The number of benzene rings is 1. The van der Waals surface area contributed by atoms with Gasteiger partial charge in [-0.1, -0.05) is 32.8 Å². The van der Waals surface area contributed by atoms with Gasteiger partial charge in [0.15, 0.2) is 0 Å². The van der Waals surface area contributed by atoms with Gasteiger partial charge in [0.1, 0.15) is 11.9 Å². The van der Waals surface area contributed by atoms with Crippen LogP contribution in [0, 0.1) is 0 Å². The van der Waals surface area contributed by atoms with Crippen LogP contribution in [0.4, 0.5) is 10.5 Å². The number of unbranched alkanes of at least 4 members (excludes halogenated alkanes) is 2. The maximum absolute atomic E-state index is 12.1. The number of amides is 1. The number of anilines is 1. The highest BCUT2D eigenvalue weighted by Crippen LogP contribution is 2.19. The summed E-state index contributed by atoms with van der Waals surface area (Å²) in [5.41, 5.74) is 0.707. The summed E-state index contributed by atoms with van der Waals surface area (Å²) in [6.45, 7) is 8.08. The van der Waals surface area contributed by atoms with Crippen molar-refractivity contribution in [2.75, 3.05) is 31.6 Å². The van der Waals surface area contributed by atoms with Crippen LogP contribution in [-0.2, 0) is 4.74 Å². The van der Waals surface area contributed by atoms with Crippen molar-refractivity contribution in [2.45, 2.75) is 52.1 Å². The lowest BCUT2D eigenvalue weighted by Crippen LogP contribution is -2.38. The monoisotopic (exact) mass is 334 g/mol. The molecule has 1 amide bonds. The Labute approximate surface area is 145 Å². The largest absolute Gasteiger partial charge is 0.494 e. The number of hydrogen-bond donors (Lipinski definition) is 1. The lowest BCUT2D eigenvalue weighted by molar-refractivity contribution is 0.0606. The molecular formula is C19H30N2O3.